The Morgan fingerprint density at radius 1 is 0.698 bits per heavy atom. The first-order chi connectivity index (χ1) is 21.0. The fourth-order valence-corrected chi connectivity index (χ4v) is 24.2. The summed E-state index contributed by atoms with van der Waals surface area (Å²) in [6.07, 6.45) is 10.9. The Morgan fingerprint density at radius 3 is 2.21 bits per heavy atom. The molecule has 4 heteroatoms. The van der Waals surface area contributed by atoms with Crippen LogP contribution in [0.1, 0.15) is 58.3 Å². The molecule has 22 atom stereocenters. The van der Waals surface area contributed by atoms with Gasteiger partial charge < -0.3 is 20.4 Å². The van der Waals surface area contributed by atoms with Gasteiger partial charge in [0.2, 0.25) is 0 Å². The number of fused-ring (bicyclic) bond motifs is 2. The molecule has 0 aromatic carbocycles. The van der Waals surface area contributed by atoms with Crippen molar-refractivity contribution in [3.63, 3.8) is 0 Å². The molecule has 0 aromatic heterocycles. The van der Waals surface area contributed by atoms with Gasteiger partial charge in [-0.15, -0.1) is 0 Å². The highest BCUT2D eigenvalue weighted by atomic mass is 16.3. The van der Waals surface area contributed by atoms with Crippen LogP contribution in [0.25, 0.3) is 0 Å². The SMILES string of the molecule is CCC1CC2CC34C(CO)(CO)C35CC3CC67C8C9C%10C(CCC%11CC%12=C%13C1C1C(C9C%12%13C%11%10)C(C38)C54C21)C6C7(CO)CO. The lowest BCUT2D eigenvalue weighted by atomic mass is 9.43. The Hall–Kier alpha value is -0.420. The fourth-order valence-electron chi connectivity index (χ4n) is 24.2. The Labute approximate surface area is 254 Å². The van der Waals surface area contributed by atoms with E-state index < -0.39 is 0 Å². The molecule has 22 unspecified atom stereocenters. The predicted molar refractivity (Wildman–Crippen MR) is 154 cm³/mol. The Morgan fingerprint density at radius 2 is 1.47 bits per heavy atom. The minimum absolute atomic E-state index is 0.178. The van der Waals surface area contributed by atoms with Crippen LogP contribution in [0.2, 0.25) is 0 Å². The molecule has 228 valence electrons. The molecule has 14 fully saturated rings. The van der Waals surface area contributed by atoms with E-state index in [1.54, 1.807) is 0 Å². The Balaban J connectivity index is 1.07. The number of hydrogen-bond donors (Lipinski definition) is 4. The van der Waals surface area contributed by atoms with Gasteiger partial charge in [-0.25, -0.2) is 0 Å². The molecular formula is C39H48O4. The van der Waals surface area contributed by atoms with Gasteiger partial charge in [-0.1, -0.05) is 24.5 Å². The fraction of sp³-hybridized carbons (Fsp3) is 0.949. The van der Waals surface area contributed by atoms with Crippen LogP contribution in [0.15, 0.2) is 11.1 Å². The molecule has 0 aromatic rings. The summed E-state index contributed by atoms with van der Waals surface area (Å²) in [6, 6.07) is 0. The topological polar surface area (TPSA) is 80.9 Å². The lowest BCUT2D eigenvalue weighted by molar-refractivity contribution is -0.152. The minimum Gasteiger partial charge on any atom is -0.396 e. The highest BCUT2D eigenvalue weighted by Gasteiger charge is 3.18. The molecule has 5 spiro atoms. The average Bonchev–Trinajstić information content (AvgIpc) is 3.82. The molecule has 4 N–H and O–H groups in total. The van der Waals surface area contributed by atoms with E-state index in [0.29, 0.717) is 22.7 Å². The molecule has 15 aliphatic carbocycles. The van der Waals surface area contributed by atoms with Gasteiger partial charge in [-0.05, 0) is 167 Å². The summed E-state index contributed by atoms with van der Waals surface area (Å²) in [4.78, 5) is 0. The smallest absolute Gasteiger partial charge is 0.0521 e. The number of aliphatic hydroxyl groups excluding tert-OH is 4. The van der Waals surface area contributed by atoms with Gasteiger partial charge in [0.05, 0.1) is 26.4 Å². The van der Waals surface area contributed by atoms with Crippen molar-refractivity contribution in [1.82, 2.24) is 0 Å². The highest BCUT2D eigenvalue weighted by molar-refractivity contribution is 5.68. The van der Waals surface area contributed by atoms with E-state index in [0.717, 1.165) is 88.8 Å². The third kappa shape index (κ3) is 1.38. The summed E-state index contributed by atoms with van der Waals surface area (Å²) in [5.41, 5.74) is 5.25. The first-order valence-corrected chi connectivity index (χ1v) is 19.2. The van der Waals surface area contributed by atoms with Gasteiger partial charge in [0.25, 0.3) is 0 Å². The zero-order valence-electron chi connectivity index (χ0n) is 25.6. The summed E-state index contributed by atoms with van der Waals surface area (Å²) >= 11 is 0. The molecule has 0 bridgehead atoms. The quantitative estimate of drug-likeness (QED) is 0.371. The van der Waals surface area contributed by atoms with Gasteiger partial charge in [0.15, 0.2) is 0 Å². The van der Waals surface area contributed by atoms with Gasteiger partial charge >= 0.3 is 0 Å². The normalized spacial score (nSPS) is 76.8. The molecule has 0 heterocycles. The van der Waals surface area contributed by atoms with Gasteiger partial charge in [-0.2, -0.15) is 0 Å². The second-order valence-corrected chi connectivity index (χ2v) is 20.6. The van der Waals surface area contributed by atoms with Crippen molar-refractivity contribution >= 4 is 0 Å². The van der Waals surface area contributed by atoms with Crippen LogP contribution in [0, 0.1) is 139 Å². The van der Waals surface area contributed by atoms with Crippen molar-refractivity contribution in [1.29, 1.82) is 0 Å². The van der Waals surface area contributed by atoms with Crippen molar-refractivity contribution in [2.24, 2.45) is 139 Å². The third-order valence-corrected chi connectivity index (χ3v) is 22.8. The van der Waals surface area contributed by atoms with E-state index in [9.17, 15) is 20.4 Å². The van der Waals surface area contributed by atoms with E-state index in [2.05, 4.69) is 18.1 Å². The Kier molecular flexibility index (Phi) is 2.99. The monoisotopic (exact) mass is 580 g/mol. The molecule has 15 rings (SSSR count). The third-order valence-electron chi connectivity index (χ3n) is 22.8. The van der Waals surface area contributed by atoms with Crippen LogP contribution in [0.3, 0.4) is 0 Å². The van der Waals surface area contributed by atoms with Crippen LogP contribution in [0.4, 0.5) is 0 Å². The van der Waals surface area contributed by atoms with E-state index in [-0.39, 0.29) is 53.5 Å². The maximum Gasteiger partial charge on any atom is 0.0521 e. The van der Waals surface area contributed by atoms with Gasteiger partial charge in [-0.3, -0.25) is 0 Å². The van der Waals surface area contributed by atoms with Crippen LogP contribution in [0.5, 0.6) is 0 Å². The molecule has 43 heavy (non-hydrogen) atoms. The summed E-state index contributed by atoms with van der Waals surface area (Å²) in [5.74, 6) is 14.1. The number of hydrogen-bond acceptors (Lipinski definition) is 4. The molecule has 15 aliphatic rings. The van der Waals surface area contributed by atoms with Crippen LogP contribution in [-0.2, 0) is 0 Å². The first kappa shape index (κ1) is 23.0. The standard InChI is InChI=1S/C39H48O4/c1-2-14-5-16-8-36-34(12-42,13-43)37(36)9-17-7-35-29-21(17)31-25-23(27(16)39(31,36)37)20(14)28-19-6-15-3-4-18(32(35)33(35,10-40)11-41)22-24(29)30(25)38(19,28)26(15)22/h14-18,20-27,29-32,40-43H,2-13H2,1H3. The summed E-state index contributed by atoms with van der Waals surface area (Å²) in [5, 5.41) is 45.1. The second-order valence-electron chi connectivity index (χ2n) is 20.6. The number of rotatable bonds is 5. The van der Waals surface area contributed by atoms with Crippen molar-refractivity contribution in [2.75, 3.05) is 26.4 Å². The summed E-state index contributed by atoms with van der Waals surface area (Å²) in [7, 11) is 0. The first-order valence-electron chi connectivity index (χ1n) is 19.2. The van der Waals surface area contributed by atoms with Crippen LogP contribution >= 0.6 is 0 Å². The lowest BCUT2D eigenvalue weighted by Gasteiger charge is -2.61. The lowest BCUT2D eigenvalue weighted by Crippen LogP contribution is -2.59. The Bertz CT molecular complexity index is 1590. The molecular weight excluding hydrogens is 532 g/mol. The predicted octanol–water partition coefficient (Wildman–Crippen LogP) is 3.98. The molecule has 0 aliphatic heterocycles. The van der Waals surface area contributed by atoms with Crippen molar-refractivity contribution < 1.29 is 20.4 Å². The maximum atomic E-state index is 11.3. The zero-order valence-corrected chi connectivity index (χ0v) is 25.6. The number of allylic oxidation sites excluding steroid dienone is 2. The average molecular weight is 581 g/mol. The van der Waals surface area contributed by atoms with Crippen LogP contribution in [-0.4, -0.2) is 46.9 Å². The molecule has 0 amide bonds. The van der Waals surface area contributed by atoms with E-state index >= 15 is 0 Å². The largest absolute Gasteiger partial charge is 0.396 e. The van der Waals surface area contributed by atoms with Crippen molar-refractivity contribution in [3.8, 4) is 0 Å². The summed E-state index contributed by atoms with van der Waals surface area (Å²) in [6.45, 7) is 3.35. The van der Waals surface area contributed by atoms with E-state index in [1.807, 2.05) is 0 Å². The minimum atomic E-state index is -0.239. The second kappa shape index (κ2) is 5.60. The van der Waals surface area contributed by atoms with Gasteiger partial charge in [0.1, 0.15) is 0 Å². The molecule has 0 saturated heterocycles. The van der Waals surface area contributed by atoms with Crippen molar-refractivity contribution in [2.45, 2.75) is 58.3 Å². The van der Waals surface area contributed by atoms with Crippen molar-refractivity contribution in [3.05, 3.63) is 11.1 Å². The molecule has 4 nitrogen and oxygen atoms in total. The number of aliphatic hydroxyl groups is 4. The van der Waals surface area contributed by atoms with Crippen LogP contribution < -0.4 is 0 Å². The summed E-state index contributed by atoms with van der Waals surface area (Å²) < 4.78 is 0. The van der Waals surface area contributed by atoms with E-state index in [1.165, 1.54) is 51.4 Å². The molecule has 14 saturated carbocycles. The van der Waals surface area contributed by atoms with Gasteiger partial charge in [0, 0.05) is 16.2 Å². The molecule has 0 radical (unpaired) electrons. The highest BCUT2D eigenvalue weighted by Crippen LogP contribution is 3.19. The zero-order chi connectivity index (χ0) is 28.0. The maximum absolute atomic E-state index is 11.3. The van der Waals surface area contributed by atoms with E-state index in [4.69, 9.17) is 0 Å².